The average molecular weight is 952 g/mol. The van der Waals surface area contributed by atoms with Crippen molar-refractivity contribution in [2.75, 3.05) is 14.7 Å². The summed E-state index contributed by atoms with van der Waals surface area (Å²) in [7, 11) is 0. The molecule has 2 aliphatic heterocycles. The molecule has 0 N–H and O–H groups in total. The number of benzene rings is 9. The molecule has 0 spiro atoms. The molecule has 72 heavy (non-hydrogen) atoms. The van der Waals surface area contributed by atoms with E-state index in [2.05, 4.69) is 259 Å². The van der Waals surface area contributed by atoms with Crippen LogP contribution < -0.4 is 31.1 Å². The topological polar surface area (TPSA) is 22.9 Å². The van der Waals surface area contributed by atoms with Crippen LogP contribution in [0.3, 0.4) is 0 Å². The predicted octanol–water partition coefficient (Wildman–Crippen LogP) is 17.4. The molecule has 2 aromatic heterocycles. The van der Waals surface area contributed by atoms with Gasteiger partial charge in [-0.3, -0.25) is 0 Å². The van der Waals surface area contributed by atoms with Gasteiger partial charge in [-0.1, -0.05) is 153 Å². The molecule has 0 fully saturated rings. The van der Waals surface area contributed by atoms with E-state index in [9.17, 15) is 0 Å². The number of para-hydroxylation sites is 1. The molecule has 0 amide bonds. The van der Waals surface area contributed by atoms with Gasteiger partial charge >= 0.3 is 0 Å². The predicted molar refractivity (Wildman–Crippen MR) is 311 cm³/mol. The van der Waals surface area contributed by atoms with Crippen LogP contribution in [-0.2, 0) is 16.2 Å². The fraction of sp³-hybridized carbons (Fsp3) is 0.182. The monoisotopic (exact) mass is 951 g/mol. The Morgan fingerprint density at radius 3 is 1.53 bits per heavy atom. The maximum Gasteiger partial charge on any atom is 0.252 e. The van der Waals surface area contributed by atoms with Crippen molar-refractivity contribution in [2.24, 2.45) is 0 Å². The summed E-state index contributed by atoms with van der Waals surface area (Å²) < 4.78 is 9.00. The van der Waals surface area contributed by atoms with Crippen molar-refractivity contribution < 1.29 is 4.42 Å². The molecule has 13 rings (SSSR count). The quantitative estimate of drug-likeness (QED) is 0.160. The molecule has 0 saturated heterocycles. The fourth-order valence-corrected chi connectivity index (χ4v) is 12.6. The van der Waals surface area contributed by atoms with E-state index in [1.807, 2.05) is 17.4 Å². The van der Waals surface area contributed by atoms with Gasteiger partial charge in [-0.25, -0.2) is 0 Å². The van der Waals surface area contributed by atoms with Gasteiger partial charge in [-0.15, -0.1) is 11.3 Å². The summed E-state index contributed by atoms with van der Waals surface area (Å²) in [6.07, 6.45) is 0. The van der Waals surface area contributed by atoms with Gasteiger partial charge in [0.1, 0.15) is 11.2 Å². The summed E-state index contributed by atoms with van der Waals surface area (Å²) in [5.41, 5.74) is 20.0. The lowest BCUT2D eigenvalue weighted by Gasteiger charge is -2.44. The number of rotatable bonds is 5. The van der Waals surface area contributed by atoms with E-state index in [0.29, 0.717) is 0 Å². The summed E-state index contributed by atoms with van der Waals surface area (Å²) in [5.74, 6) is 0. The first-order valence-corrected chi connectivity index (χ1v) is 26.3. The number of hydrogen-bond acceptors (Lipinski definition) is 5. The highest BCUT2D eigenvalue weighted by Crippen LogP contribution is 2.48. The van der Waals surface area contributed by atoms with Crippen LogP contribution >= 0.6 is 11.3 Å². The van der Waals surface area contributed by atoms with Gasteiger partial charge in [-0.05, 0) is 152 Å². The summed E-state index contributed by atoms with van der Waals surface area (Å²) in [5, 5.41) is 4.83. The second-order valence-corrected chi connectivity index (χ2v) is 24.2. The van der Waals surface area contributed by atoms with Gasteiger partial charge in [0.25, 0.3) is 6.71 Å². The van der Waals surface area contributed by atoms with Gasteiger partial charge in [0.2, 0.25) is 0 Å². The molecule has 0 saturated carbocycles. The minimum Gasteiger partial charge on any atom is -0.456 e. The number of nitrogens with zero attached hydrogens (tertiary/aromatic N) is 3. The van der Waals surface area contributed by atoms with E-state index in [0.717, 1.165) is 50.4 Å². The summed E-state index contributed by atoms with van der Waals surface area (Å²) in [6, 6.07) is 70.9. The summed E-state index contributed by atoms with van der Waals surface area (Å²) >= 11 is 1.89. The van der Waals surface area contributed by atoms with Crippen molar-refractivity contribution >= 4 is 128 Å². The number of anilines is 9. The van der Waals surface area contributed by atoms with Crippen LogP contribution in [0.2, 0.25) is 0 Å². The van der Waals surface area contributed by atoms with Gasteiger partial charge in [0.15, 0.2) is 0 Å². The Bertz CT molecular complexity index is 3940. The van der Waals surface area contributed by atoms with Gasteiger partial charge in [0, 0.05) is 76.7 Å². The summed E-state index contributed by atoms with van der Waals surface area (Å²) in [6.45, 7) is 20.6. The van der Waals surface area contributed by atoms with Gasteiger partial charge in [0.05, 0.1) is 0 Å². The first kappa shape index (κ1) is 44.4. The zero-order chi connectivity index (χ0) is 49.4. The minimum atomic E-state index is -0.0401. The maximum atomic E-state index is 6.39. The Morgan fingerprint density at radius 2 is 0.903 bits per heavy atom. The van der Waals surface area contributed by atoms with Gasteiger partial charge < -0.3 is 19.1 Å². The third-order valence-corrected chi connectivity index (χ3v) is 16.5. The molecule has 4 nitrogen and oxygen atoms in total. The van der Waals surface area contributed by atoms with Crippen LogP contribution in [0.5, 0.6) is 0 Å². The molecule has 0 unspecified atom stereocenters. The Labute approximate surface area is 427 Å². The SMILES string of the molecule is CC(C)(C)c1ccc(N(c2ccc3c(c2)N(c2ccc(C(C)(C)C)cc2)c2cccc4c2B3c2cc3c(cc2N4c2ccc(C(C)(C)C)cc2)sc2ccccc23)c2ccc3oc4ccccc4c3c2)cc1. The molecule has 0 radical (unpaired) electrons. The molecular weight excluding hydrogens is 894 g/mol. The lowest BCUT2D eigenvalue weighted by Crippen LogP contribution is -2.61. The van der Waals surface area contributed by atoms with E-state index in [-0.39, 0.29) is 23.0 Å². The van der Waals surface area contributed by atoms with E-state index >= 15 is 0 Å². The average Bonchev–Trinajstić information content (AvgIpc) is 3.93. The molecule has 9 aromatic carbocycles. The second-order valence-electron chi connectivity index (χ2n) is 23.1. The zero-order valence-corrected chi connectivity index (χ0v) is 43.4. The molecule has 352 valence electrons. The lowest BCUT2D eigenvalue weighted by atomic mass is 9.33. The Morgan fingerprint density at radius 1 is 0.389 bits per heavy atom. The third kappa shape index (κ3) is 7.09. The van der Waals surface area contributed by atoms with Crippen molar-refractivity contribution in [3.63, 3.8) is 0 Å². The standard InChI is InChI=1S/C66H58BN3OS/c1-64(2,3)41-21-27-44(28-22-41)68(47-34-36-60-51(37-47)49-15-10-12-19-59(49)71-60)48-33-35-53-57(38-48)69(45-29-23-42(24-30-45)65(4,5)6)55-17-14-18-56-63(55)67(53)54-39-52-50-16-11-13-20-61(50)72-62(52)40-58(54)70(56)46-31-25-43(26-32-46)66(7,8)9/h10-40H,1-9H3. The minimum absolute atomic E-state index is 0.0108. The third-order valence-electron chi connectivity index (χ3n) is 15.3. The largest absolute Gasteiger partial charge is 0.456 e. The van der Waals surface area contributed by atoms with Crippen LogP contribution in [0.15, 0.2) is 192 Å². The van der Waals surface area contributed by atoms with Crippen molar-refractivity contribution in [2.45, 2.75) is 78.6 Å². The first-order chi connectivity index (χ1) is 34.6. The highest BCUT2D eigenvalue weighted by atomic mass is 32.1. The second kappa shape index (κ2) is 16.0. The summed E-state index contributed by atoms with van der Waals surface area (Å²) in [4.78, 5) is 7.51. The van der Waals surface area contributed by atoms with Crippen molar-refractivity contribution in [1.82, 2.24) is 0 Å². The van der Waals surface area contributed by atoms with Crippen LogP contribution in [-0.4, -0.2) is 6.71 Å². The number of furan rings is 1. The van der Waals surface area contributed by atoms with Crippen LogP contribution in [0, 0.1) is 0 Å². The molecule has 4 heterocycles. The molecule has 2 aliphatic rings. The highest BCUT2D eigenvalue weighted by molar-refractivity contribution is 7.26. The smallest absolute Gasteiger partial charge is 0.252 e. The number of hydrogen-bond donors (Lipinski definition) is 0. The molecule has 0 atom stereocenters. The molecule has 11 aromatic rings. The molecule has 6 heteroatoms. The normalized spacial score (nSPS) is 13.5. The lowest BCUT2D eigenvalue weighted by molar-refractivity contribution is 0.590. The number of fused-ring (bicyclic) bond motifs is 10. The van der Waals surface area contributed by atoms with Crippen LogP contribution in [0.25, 0.3) is 42.1 Å². The van der Waals surface area contributed by atoms with Gasteiger partial charge in [-0.2, -0.15) is 0 Å². The zero-order valence-electron chi connectivity index (χ0n) is 42.6. The Hall–Kier alpha value is -7.54. The van der Waals surface area contributed by atoms with E-state index in [1.54, 1.807) is 0 Å². The first-order valence-electron chi connectivity index (χ1n) is 25.4. The maximum absolute atomic E-state index is 6.39. The molecular formula is C66H58BN3OS. The van der Waals surface area contributed by atoms with E-state index in [1.165, 1.54) is 76.0 Å². The van der Waals surface area contributed by atoms with Crippen molar-refractivity contribution in [1.29, 1.82) is 0 Å². The fourth-order valence-electron chi connectivity index (χ4n) is 11.5. The number of thiophene rings is 1. The van der Waals surface area contributed by atoms with Crippen LogP contribution in [0.4, 0.5) is 51.2 Å². The molecule has 0 aliphatic carbocycles. The highest BCUT2D eigenvalue weighted by Gasteiger charge is 2.44. The van der Waals surface area contributed by atoms with E-state index < -0.39 is 0 Å². The Kier molecular flexibility index (Phi) is 9.86. The van der Waals surface area contributed by atoms with Crippen molar-refractivity contribution in [3.8, 4) is 0 Å². The van der Waals surface area contributed by atoms with Crippen LogP contribution in [0.1, 0.15) is 79.0 Å². The van der Waals surface area contributed by atoms with Crippen molar-refractivity contribution in [3.05, 3.63) is 205 Å². The Balaban J connectivity index is 1.08. The van der Waals surface area contributed by atoms with E-state index in [4.69, 9.17) is 4.42 Å². The molecule has 0 bridgehead atoms.